The summed E-state index contributed by atoms with van der Waals surface area (Å²) in [5.41, 5.74) is 0.460. The third-order valence-electron chi connectivity index (χ3n) is 5.33. The van der Waals surface area contributed by atoms with Crippen molar-refractivity contribution in [3.05, 3.63) is 68.2 Å². The number of carbonyl (C=O) groups is 1. The van der Waals surface area contributed by atoms with Crippen LogP contribution in [0.1, 0.15) is 10.4 Å². The second kappa shape index (κ2) is 7.91. The topological polar surface area (TPSA) is 65.8 Å². The normalized spacial score (nSPS) is 15.0. The molecule has 0 aliphatic carbocycles. The van der Waals surface area contributed by atoms with Crippen molar-refractivity contribution in [1.82, 2.24) is 9.47 Å². The molecular formula is C21H18Cl2FN3O3. The first-order valence-corrected chi connectivity index (χ1v) is 10.0. The third kappa shape index (κ3) is 3.64. The number of halogens is 3. The fourth-order valence-electron chi connectivity index (χ4n) is 3.64. The first kappa shape index (κ1) is 20.7. The highest BCUT2D eigenvalue weighted by Gasteiger charge is 2.20. The Morgan fingerprint density at radius 2 is 1.77 bits per heavy atom. The molecule has 1 N–H and O–H groups in total. The molecule has 2 heterocycles. The van der Waals surface area contributed by atoms with E-state index < -0.39 is 22.8 Å². The number of aromatic carboxylic acids is 1. The molecule has 4 rings (SSSR count). The van der Waals surface area contributed by atoms with Gasteiger partial charge in [-0.15, -0.1) is 0 Å². The van der Waals surface area contributed by atoms with Gasteiger partial charge in [-0.05, 0) is 37.4 Å². The molecule has 1 aliphatic rings. The first-order valence-electron chi connectivity index (χ1n) is 9.27. The average molecular weight is 450 g/mol. The molecule has 156 valence electrons. The second-order valence-electron chi connectivity index (χ2n) is 7.26. The van der Waals surface area contributed by atoms with Gasteiger partial charge >= 0.3 is 5.97 Å². The molecule has 1 aliphatic heterocycles. The fraction of sp³-hybridized carbons (Fsp3) is 0.238. The van der Waals surface area contributed by atoms with E-state index in [4.69, 9.17) is 23.2 Å². The lowest BCUT2D eigenvalue weighted by atomic mass is 10.1. The molecule has 1 saturated heterocycles. The van der Waals surface area contributed by atoms with Crippen LogP contribution in [0.4, 0.5) is 10.1 Å². The van der Waals surface area contributed by atoms with Gasteiger partial charge in [0.25, 0.3) is 0 Å². The molecule has 0 amide bonds. The predicted octanol–water partition coefficient (Wildman–Crippen LogP) is 3.89. The molecule has 0 unspecified atom stereocenters. The summed E-state index contributed by atoms with van der Waals surface area (Å²) in [5.74, 6) is -2.19. The number of fused-ring (bicyclic) bond motifs is 1. The Labute approximate surface area is 181 Å². The van der Waals surface area contributed by atoms with Gasteiger partial charge in [0, 0.05) is 43.4 Å². The van der Waals surface area contributed by atoms with Crippen molar-refractivity contribution in [2.45, 2.75) is 0 Å². The van der Waals surface area contributed by atoms with Crippen LogP contribution in [0.2, 0.25) is 10.0 Å². The zero-order valence-electron chi connectivity index (χ0n) is 16.0. The first-order chi connectivity index (χ1) is 14.3. The number of hydrogen-bond donors (Lipinski definition) is 1. The molecule has 30 heavy (non-hydrogen) atoms. The van der Waals surface area contributed by atoms with Crippen LogP contribution in [0.15, 0.2) is 41.3 Å². The summed E-state index contributed by atoms with van der Waals surface area (Å²) in [7, 11) is 2.07. The number of rotatable bonds is 3. The SMILES string of the molecule is CN1CCN(c2ccc(-n3cc(C(=O)O)c(=O)c4cc(F)c(Cl)cc43)cc2Cl)CC1. The molecule has 6 nitrogen and oxygen atoms in total. The maximum absolute atomic E-state index is 14.0. The molecule has 1 aromatic heterocycles. The molecular weight excluding hydrogens is 432 g/mol. The highest BCUT2D eigenvalue weighted by atomic mass is 35.5. The number of piperazine rings is 1. The number of carboxylic acid groups (broad SMARTS) is 1. The number of anilines is 1. The van der Waals surface area contributed by atoms with Gasteiger partial charge in [-0.2, -0.15) is 0 Å². The number of carboxylic acids is 1. The Hall–Kier alpha value is -2.61. The Kier molecular flexibility index (Phi) is 5.44. The smallest absolute Gasteiger partial charge is 0.341 e. The van der Waals surface area contributed by atoms with E-state index in [9.17, 15) is 19.1 Å². The lowest BCUT2D eigenvalue weighted by Gasteiger charge is -2.34. The van der Waals surface area contributed by atoms with Gasteiger partial charge in [-0.25, -0.2) is 9.18 Å². The van der Waals surface area contributed by atoms with Crippen molar-refractivity contribution >= 4 is 45.8 Å². The molecule has 3 aromatic rings. The number of aromatic nitrogens is 1. The van der Waals surface area contributed by atoms with Crippen LogP contribution >= 0.6 is 23.2 Å². The van der Waals surface area contributed by atoms with Crippen molar-refractivity contribution < 1.29 is 14.3 Å². The van der Waals surface area contributed by atoms with Crippen LogP contribution in [0, 0.1) is 5.82 Å². The number of likely N-dealkylation sites (N-methyl/N-ethyl adjacent to an activating group) is 1. The summed E-state index contributed by atoms with van der Waals surface area (Å²) in [6.07, 6.45) is 1.21. The molecule has 0 radical (unpaired) electrons. The van der Waals surface area contributed by atoms with Crippen LogP contribution in [0.3, 0.4) is 0 Å². The maximum Gasteiger partial charge on any atom is 0.341 e. The lowest BCUT2D eigenvalue weighted by molar-refractivity contribution is 0.0695. The fourth-order valence-corrected chi connectivity index (χ4v) is 4.09. The maximum atomic E-state index is 14.0. The monoisotopic (exact) mass is 449 g/mol. The molecule has 0 spiro atoms. The van der Waals surface area contributed by atoms with Gasteiger partial charge in [-0.3, -0.25) is 4.79 Å². The Morgan fingerprint density at radius 3 is 2.40 bits per heavy atom. The molecule has 0 saturated carbocycles. The zero-order valence-corrected chi connectivity index (χ0v) is 17.5. The van der Waals surface area contributed by atoms with E-state index in [1.54, 1.807) is 12.1 Å². The van der Waals surface area contributed by atoms with E-state index in [0.29, 0.717) is 16.2 Å². The number of nitrogens with zero attached hydrogens (tertiary/aromatic N) is 3. The highest BCUT2D eigenvalue weighted by molar-refractivity contribution is 6.33. The van der Waals surface area contributed by atoms with Gasteiger partial charge in [-0.1, -0.05) is 23.2 Å². The van der Waals surface area contributed by atoms with Crippen LogP contribution in [0.5, 0.6) is 0 Å². The van der Waals surface area contributed by atoms with Gasteiger partial charge in [0.05, 0.1) is 21.2 Å². The highest BCUT2D eigenvalue weighted by Crippen LogP contribution is 2.31. The van der Waals surface area contributed by atoms with E-state index >= 15 is 0 Å². The van der Waals surface area contributed by atoms with E-state index in [1.165, 1.54) is 16.8 Å². The van der Waals surface area contributed by atoms with E-state index in [2.05, 4.69) is 16.8 Å². The molecule has 0 atom stereocenters. The molecule has 2 aromatic carbocycles. The summed E-state index contributed by atoms with van der Waals surface area (Å²) in [4.78, 5) is 28.5. The second-order valence-corrected chi connectivity index (χ2v) is 8.07. The summed E-state index contributed by atoms with van der Waals surface area (Å²) in [6.45, 7) is 3.53. The Morgan fingerprint density at radius 1 is 1.07 bits per heavy atom. The standard InChI is InChI=1S/C21H18Cl2FN3O3/c1-25-4-6-26(7-5-25)18-3-2-12(8-16(18)23)27-11-14(21(29)30)20(28)13-9-17(24)15(22)10-19(13)27/h2-3,8-11H,4-7H2,1H3,(H,29,30). The molecule has 9 heteroatoms. The van der Waals surface area contributed by atoms with Crippen LogP contribution in [-0.2, 0) is 0 Å². The van der Waals surface area contributed by atoms with Crippen LogP contribution in [0.25, 0.3) is 16.6 Å². The van der Waals surface area contributed by atoms with Crippen molar-refractivity contribution in [2.75, 3.05) is 38.1 Å². The van der Waals surface area contributed by atoms with Crippen LogP contribution < -0.4 is 10.3 Å². The van der Waals surface area contributed by atoms with Crippen molar-refractivity contribution in [3.63, 3.8) is 0 Å². The molecule has 0 bridgehead atoms. The quantitative estimate of drug-likeness (QED) is 0.656. The minimum atomic E-state index is -1.40. The van der Waals surface area contributed by atoms with E-state index in [-0.39, 0.29) is 10.4 Å². The van der Waals surface area contributed by atoms with Gasteiger partial charge in [0.2, 0.25) is 5.43 Å². The van der Waals surface area contributed by atoms with Gasteiger partial charge in [0.15, 0.2) is 0 Å². The van der Waals surface area contributed by atoms with Crippen molar-refractivity contribution in [1.29, 1.82) is 0 Å². The Bertz CT molecular complexity index is 1220. The number of hydrogen-bond acceptors (Lipinski definition) is 4. The van der Waals surface area contributed by atoms with Gasteiger partial charge in [0.1, 0.15) is 11.4 Å². The minimum absolute atomic E-state index is 0.0731. The van der Waals surface area contributed by atoms with E-state index in [0.717, 1.165) is 37.9 Å². The number of pyridine rings is 1. The van der Waals surface area contributed by atoms with Gasteiger partial charge < -0.3 is 19.5 Å². The summed E-state index contributed by atoms with van der Waals surface area (Å²) < 4.78 is 15.5. The van der Waals surface area contributed by atoms with Crippen molar-refractivity contribution in [2.24, 2.45) is 0 Å². The number of benzene rings is 2. The van der Waals surface area contributed by atoms with Crippen molar-refractivity contribution in [3.8, 4) is 5.69 Å². The zero-order chi connectivity index (χ0) is 21.6. The molecule has 1 fully saturated rings. The van der Waals surface area contributed by atoms with Crippen LogP contribution in [-0.4, -0.2) is 53.8 Å². The average Bonchev–Trinajstić information content (AvgIpc) is 2.70. The Balaban J connectivity index is 1.87. The third-order valence-corrected chi connectivity index (χ3v) is 5.92. The largest absolute Gasteiger partial charge is 0.477 e. The minimum Gasteiger partial charge on any atom is -0.477 e. The summed E-state index contributed by atoms with van der Waals surface area (Å²) in [5, 5.41) is 9.69. The lowest BCUT2D eigenvalue weighted by Crippen LogP contribution is -2.44. The summed E-state index contributed by atoms with van der Waals surface area (Å²) in [6, 6.07) is 7.61. The summed E-state index contributed by atoms with van der Waals surface area (Å²) >= 11 is 12.5. The van der Waals surface area contributed by atoms with E-state index in [1.807, 2.05) is 6.07 Å². The predicted molar refractivity (Wildman–Crippen MR) is 116 cm³/mol.